The van der Waals surface area contributed by atoms with Gasteiger partial charge in [-0.05, 0) is 49.6 Å². The minimum atomic E-state index is -0.602. The lowest BCUT2D eigenvalue weighted by atomic mass is 9.91. The molecule has 1 heterocycles. The summed E-state index contributed by atoms with van der Waals surface area (Å²) in [7, 11) is 0. The highest BCUT2D eigenvalue weighted by Crippen LogP contribution is 2.39. The van der Waals surface area contributed by atoms with Gasteiger partial charge in [0, 0.05) is 11.7 Å². The van der Waals surface area contributed by atoms with Gasteiger partial charge in [0.05, 0.1) is 5.56 Å². The normalized spacial score (nSPS) is 19.0. The van der Waals surface area contributed by atoms with E-state index in [4.69, 9.17) is 0 Å². The van der Waals surface area contributed by atoms with Gasteiger partial charge in [-0.2, -0.15) is 0 Å². The Morgan fingerprint density at radius 3 is 2.07 bits per heavy atom. The highest BCUT2D eigenvalue weighted by molar-refractivity contribution is 6.02. The highest BCUT2D eigenvalue weighted by Gasteiger charge is 2.43. The number of hydrogen-bond acceptors (Lipinski definition) is 2. The van der Waals surface area contributed by atoms with Gasteiger partial charge in [-0.3, -0.25) is 4.79 Å². The van der Waals surface area contributed by atoms with Crippen molar-refractivity contribution in [2.75, 3.05) is 5.32 Å². The molecule has 136 valence electrons. The molecule has 3 nitrogen and oxygen atoms in total. The van der Waals surface area contributed by atoms with Crippen molar-refractivity contribution in [2.45, 2.75) is 32.5 Å². The number of para-hydroxylation sites is 1. The molecule has 1 atom stereocenters. The fourth-order valence-electron chi connectivity index (χ4n) is 4.01. The minimum absolute atomic E-state index is 0.0639. The van der Waals surface area contributed by atoms with Crippen LogP contribution in [0.25, 0.3) is 11.1 Å². The second kappa shape index (κ2) is 6.58. The predicted molar refractivity (Wildman–Crippen MR) is 111 cm³/mol. The van der Waals surface area contributed by atoms with Gasteiger partial charge in [-0.25, -0.2) is 0 Å². The van der Waals surface area contributed by atoms with E-state index >= 15 is 0 Å². The average molecular weight is 356 g/mol. The van der Waals surface area contributed by atoms with E-state index in [1.54, 1.807) is 0 Å². The molecular formula is C24H24N2O. The number of hydrogen-bond donors (Lipinski definition) is 1. The smallest absolute Gasteiger partial charge is 0.258 e. The molecule has 1 aliphatic rings. The van der Waals surface area contributed by atoms with Crippen LogP contribution in [0.5, 0.6) is 0 Å². The molecule has 0 saturated carbocycles. The number of amides is 1. The number of rotatable bonds is 3. The third kappa shape index (κ3) is 2.89. The number of anilines is 1. The molecule has 0 aliphatic carbocycles. The lowest BCUT2D eigenvalue weighted by Gasteiger charge is -2.48. The zero-order valence-corrected chi connectivity index (χ0v) is 15.9. The van der Waals surface area contributed by atoms with Gasteiger partial charge in [0.2, 0.25) is 0 Å². The van der Waals surface area contributed by atoms with Gasteiger partial charge in [0.25, 0.3) is 5.91 Å². The molecule has 1 unspecified atom stereocenters. The summed E-state index contributed by atoms with van der Waals surface area (Å²) in [5.41, 5.74) is 4.43. The van der Waals surface area contributed by atoms with Crippen molar-refractivity contribution in [1.82, 2.24) is 4.90 Å². The van der Waals surface area contributed by atoms with E-state index in [-0.39, 0.29) is 11.9 Å². The zero-order chi connectivity index (χ0) is 19.0. The fraction of sp³-hybridized carbons (Fsp3) is 0.208. The second-order valence-electron chi connectivity index (χ2n) is 7.46. The summed E-state index contributed by atoms with van der Waals surface area (Å²) in [6.07, 6.45) is 0. The Labute approximate surface area is 160 Å². The Morgan fingerprint density at radius 2 is 1.41 bits per heavy atom. The van der Waals surface area contributed by atoms with Crippen LogP contribution in [-0.2, 0) is 5.66 Å². The maximum absolute atomic E-state index is 13.2. The van der Waals surface area contributed by atoms with Gasteiger partial charge < -0.3 is 10.2 Å². The van der Waals surface area contributed by atoms with Gasteiger partial charge >= 0.3 is 0 Å². The van der Waals surface area contributed by atoms with Crippen LogP contribution in [0.2, 0.25) is 0 Å². The molecule has 0 aromatic heterocycles. The average Bonchev–Trinajstić information content (AvgIpc) is 2.68. The molecule has 1 aliphatic heterocycles. The molecule has 0 bridgehead atoms. The minimum Gasteiger partial charge on any atom is -0.358 e. The molecule has 3 aromatic carbocycles. The molecule has 1 amide bonds. The number of fused-ring (bicyclic) bond motifs is 1. The number of nitrogens with zero attached hydrogens (tertiary/aromatic N) is 1. The summed E-state index contributed by atoms with van der Waals surface area (Å²) in [6, 6.07) is 26.6. The van der Waals surface area contributed by atoms with E-state index in [0.29, 0.717) is 0 Å². The Bertz CT molecular complexity index is 963. The van der Waals surface area contributed by atoms with E-state index in [0.717, 1.165) is 16.8 Å². The van der Waals surface area contributed by atoms with Crippen LogP contribution in [0.1, 0.15) is 36.7 Å². The first-order valence-electron chi connectivity index (χ1n) is 9.37. The van der Waals surface area contributed by atoms with Crippen LogP contribution in [-0.4, -0.2) is 16.8 Å². The Kier molecular flexibility index (Phi) is 4.23. The lowest BCUT2D eigenvalue weighted by molar-refractivity contribution is 0.0434. The van der Waals surface area contributed by atoms with Crippen LogP contribution in [0.15, 0.2) is 78.9 Å². The molecule has 4 rings (SSSR count). The second-order valence-corrected chi connectivity index (χ2v) is 7.46. The van der Waals surface area contributed by atoms with Gasteiger partial charge in [-0.1, -0.05) is 66.7 Å². The highest BCUT2D eigenvalue weighted by atomic mass is 16.2. The van der Waals surface area contributed by atoms with E-state index in [9.17, 15) is 4.79 Å². The maximum atomic E-state index is 13.2. The van der Waals surface area contributed by atoms with E-state index in [2.05, 4.69) is 62.5 Å². The number of benzene rings is 3. The largest absolute Gasteiger partial charge is 0.358 e. The molecule has 27 heavy (non-hydrogen) atoms. The van der Waals surface area contributed by atoms with E-state index in [1.807, 2.05) is 47.4 Å². The monoisotopic (exact) mass is 356 g/mol. The van der Waals surface area contributed by atoms with Crippen LogP contribution < -0.4 is 5.32 Å². The zero-order valence-electron chi connectivity index (χ0n) is 15.9. The van der Waals surface area contributed by atoms with Crippen LogP contribution in [0.3, 0.4) is 0 Å². The number of carbonyl (C=O) groups is 1. The SMILES string of the molecule is CC(C)N1C(=O)c2ccccc2NC1(C)c1ccc(-c2ccccc2)cc1. The number of carbonyl (C=O) groups excluding carboxylic acids is 1. The molecule has 1 N–H and O–H groups in total. The third-order valence-electron chi connectivity index (χ3n) is 5.31. The summed E-state index contributed by atoms with van der Waals surface area (Å²) in [6.45, 7) is 6.20. The molecule has 3 aromatic rings. The van der Waals surface area contributed by atoms with Crippen molar-refractivity contribution < 1.29 is 4.79 Å². The lowest BCUT2D eigenvalue weighted by Crippen LogP contribution is -2.58. The molecule has 3 heteroatoms. The first-order valence-corrected chi connectivity index (χ1v) is 9.37. The summed E-state index contributed by atoms with van der Waals surface area (Å²) in [5.74, 6) is 0.0639. The van der Waals surface area contributed by atoms with E-state index in [1.165, 1.54) is 11.1 Å². The summed E-state index contributed by atoms with van der Waals surface area (Å²) >= 11 is 0. The fourth-order valence-corrected chi connectivity index (χ4v) is 4.01. The topological polar surface area (TPSA) is 32.3 Å². The van der Waals surface area contributed by atoms with Crippen molar-refractivity contribution in [2.24, 2.45) is 0 Å². The Hall–Kier alpha value is -3.07. The Balaban J connectivity index is 1.78. The standard InChI is InChI=1S/C24H24N2O/c1-17(2)26-23(27)21-11-7-8-12-22(21)25-24(26,3)20-15-13-19(14-16-20)18-9-5-4-6-10-18/h4-17,25H,1-3H3. The van der Waals surface area contributed by atoms with Crippen molar-refractivity contribution in [3.05, 3.63) is 90.0 Å². The Morgan fingerprint density at radius 1 is 0.815 bits per heavy atom. The van der Waals surface area contributed by atoms with E-state index < -0.39 is 5.66 Å². The van der Waals surface area contributed by atoms with Crippen molar-refractivity contribution in [3.8, 4) is 11.1 Å². The molecule has 0 fully saturated rings. The van der Waals surface area contributed by atoms with Gasteiger partial charge in [0.1, 0.15) is 5.66 Å². The third-order valence-corrected chi connectivity index (χ3v) is 5.31. The number of nitrogens with one attached hydrogen (secondary N) is 1. The molecular weight excluding hydrogens is 332 g/mol. The van der Waals surface area contributed by atoms with Gasteiger partial charge in [-0.15, -0.1) is 0 Å². The summed E-state index contributed by atoms with van der Waals surface area (Å²) in [4.78, 5) is 15.2. The molecule has 0 saturated heterocycles. The predicted octanol–water partition coefficient (Wildman–Crippen LogP) is 5.50. The van der Waals surface area contributed by atoms with Crippen molar-refractivity contribution in [1.29, 1.82) is 0 Å². The van der Waals surface area contributed by atoms with Crippen LogP contribution in [0.4, 0.5) is 5.69 Å². The quantitative estimate of drug-likeness (QED) is 0.672. The van der Waals surface area contributed by atoms with Crippen molar-refractivity contribution in [3.63, 3.8) is 0 Å². The van der Waals surface area contributed by atoms with Gasteiger partial charge in [0.15, 0.2) is 0 Å². The first kappa shape index (κ1) is 17.3. The molecule has 0 radical (unpaired) electrons. The maximum Gasteiger partial charge on any atom is 0.258 e. The summed E-state index contributed by atoms with van der Waals surface area (Å²) in [5, 5.41) is 3.62. The summed E-state index contributed by atoms with van der Waals surface area (Å²) < 4.78 is 0. The van der Waals surface area contributed by atoms with Crippen LogP contribution >= 0.6 is 0 Å². The van der Waals surface area contributed by atoms with Crippen LogP contribution in [0, 0.1) is 0 Å². The van der Waals surface area contributed by atoms with Crippen molar-refractivity contribution >= 4 is 11.6 Å². The molecule has 0 spiro atoms. The first-order chi connectivity index (χ1) is 13.0.